The normalized spacial score (nSPS) is 15.0. The van der Waals surface area contributed by atoms with Crippen LogP contribution in [0.25, 0.3) is 22.4 Å². The Morgan fingerprint density at radius 1 is 0.923 bits per heavy atom. The van der Waals surface area contributed by atoms with Crippen molar-refractivity contribution in [2.24, 2.45) is 0 Å². The quantitative estimate of drug-likeness (QED) is 0.638. The first-order chi connectivity index (χ1) is 12.6. The molecule has 4 rings (SSSR count). The third-order valence-corrected chi connectivity index (χ3v) is 4.99. The minimum absolute atomic E-state index is 0.0782. The molecule has 26 heavy (non-hydrogen) atoms. The number of anilines is 2. The van der Waals surface area contributed by atoms with Gasteiger partial charge >= 0.3 is 0 Å². The maximum atomic E-state index is 13.0. The van der Waals surface area contributed by atoms with Crippen LogP contribution >= 0.6 is 0 Å². The number of carbonyl (C=O) groups excluding carboxylic acids is 1. The predicted molar refractivity (Wildman–Crippen MR) is 111 cm³/mol. The van der Waals surface area contributed by atoms with E-state index in [0.717, 1.165) is 27.8 Å². The lowest BCUT2D eigenvalue weighted by Crippen LogP contribution is -2.25. The molecule has 0 N–H and O–H groups in total. The molecule has 3 heteroatoms. The Morgan fingerprint density at radius 3 is 2.35 bits per heavy atom. The fourth-order valence-corrected chi connectivity index (χ4v) is 3.74. The van der Waals surface area contributed by atoms with Crippen molar-refractivity contribution in [3.05, 3.63) is 71.8 Å². The summed E-state index contributed by atoms with van der Waals surface area (Å²) in [5, 5.41) is 2.35. The number of rotatable bonds is 3. The van der Waals surface area contributed by atoms with Gasteiger partial charge in [-0.15, -0.1) is 0 Å². The molecule has 0 bridgehead atoms. The van der Waals surface area contributed by atoms with Crippen LogP contribution in [0.3, 0.4) is 0 Å². The first-order valence-corrected chi connectivity index (χ1v) is 8.94. The van der Waals surface area contributed by atoms with Crippen molar-refractivity contribution in [3.63, 3.8) is 0 Å². The van der Waals surface area contributed by atoms with Gasteiger partial charge in [0.1, 0.15) is 0 Å². The topological polar surface area (TPSA) is 23.6 Å². The number of nitrogens with zero attached hydrogens (tertiary/aromatic N) is 2. The van der Waals surface area contributed by atoms with Crippen LogP contribution in [0.5, 0.6) is 0 Å². The fourth-order valence-electron chi connectivity index (χ4n) is 3.74. The van der Waals surface area contributed by atoms with Crippen molar-refractivity contribution in [2.75, 3.05) is 30.4 Å². The van der Waals surface area contributed by atoms with Crippen molar-refractivity contribution < 1.29 is 4.79 Å². The van der Waals surface area contributed by atoms with E-state index in [-0.39, 0.29) is 5.91 Å². The monoisotopic (exact) mass is 342 g/mol. The molecular weight excluding hydrogens is 320 g/mol. The molecule has 0 atom stereocenters. The van der Waals surface area contributed by atoms with Gasteiger partial charge in [-0.3, -0.25) is 4.79 Å². The zero-order valence-corrected chi connectivity index (χ0v) is 15.4. The van der Waals surface area contributed by atoms with E-state index in [1.54, 1.807) is 0 Å². The summed E-state index contributed by atoms with van der Waals surface area (Å²) >= 11 is 0. The number of benzene rings is 3. The molecule has 1 heterocycles. The molecule has 0 fully saturated rings. The molecule has 0 aromatic heterocycles. The molecule has 1 amide bonds. The minimum atomic E-state index is 0.0782. The van der Waals surface area contributed by atoms with Crippen molar-refractivity contribution in [3.8, 4) is 0 Å². The van der Waals surface area contributed by atoms with Gasteiger partial charge in [-0.1, -0.05) is 48.5 Å². The van der Waals surface area contributed by atoms with E-state index in [1.165, 1.54) is 11.1 Å². The molecular formula is C23H22N2O. The van der Waals surface area contributed by atoms with Gasteiger partial charge in [-0.25, -0.2) is 0 Å². The molecule has 130 valence electrons. The maximum absolute atomic E-state index is 13.0. The highest BCUT2D eigenvalue weighted by Crippen LogP contribution is 2.38. The number of amides is 1. The second-order valence-electron chi connectivity index (χ2n) is 6.74. The van der Waals surface area contributed by atoms with Crippen LogP contribution in [-0.4, -0.2) is 26.5 Å². The van der Waals surface area contributed by atoms with E-state index < -0.39 is 0 Å². The summed E-state index contributed by atoms with van der Waals surface area (Å²) in [6.07, 6.45) is 2.04. The molecule has 1 aliphatic rings. The zero-order valence-electron chi connectivity index (χ0n) is 15.4. The van der Waals surface area contributed by atoms with Gasteiger partial charge in [0.2, 0.25) is 0 Å². The highest BCUT2D eigenvalue weighted by atomic mass is 16.2. The lowest BCUT2D eigenvalue weighted by Gasteiger charge is -2.17. The average molecular weight is 342 g/mol. The van der Waals surface area contributed by atoms with E-state index >= 15 is 0 Å². The highest BCUT2D eigenvalue weighted by Gasteiger charge is 2.30. The molecule has 3 aromatic rings. The van der Waals surface area contributed by atoms with Gasteiger partial charge in [-0.2, -0.15) is 0 Å². The van der Waals surface area contributed by atoms with Crippen LogP contribution < -0.4 is 9.80 Å². The molecule has 0 radical (unpaired) electrons. The molecule has 0 saturated heterocycles. The largest absolute Gasteiger partial charge is 0.377 e. The van der Waals surface area contributed by atoms with Gasteiger partial charge in [0.25, 0.3) is 5.91 Å². The predicted octanol–water partition coefficient (Wildman–Crippen LogP) is 4.81. The van der Waals surface area contributed by atoms with E-state index in [1.807, 2.05) is 48.2 Å². The molecule has 0 saturated carbocycles. The van der Waals surface area contributed by atoms with Crippen LogP contribution in [0, 0.1) is 0 Å². The van der Waals surface area contributed by atoms with Crippen LogP contribution in [0.1, 0.15) is 18.1 Å². The van der Waals surface area contributed by atoms with Gasteiger partial charge in [0.15, 0.2) is 0 Å². The van der Waals surface area contributed by atoms with Crippen LogP contribution in [-0.2, 0) is 4.79 Å². The third-order valence-electron chi connectivity index (χ3n) is 4.99. The van der Waals surface area contributed by atoms with Gasteiger partial charge in [0.05, 0.1) is 5.69 Å². The minimum Gasteiger partial charge on any atom is -0.377 e. The van der Waals surface area contributed by atoms with Crippen LogP contribution in [0.15, 0.2) is 60.7 Å². The Morgan fingerprint density at radius 2 is 1.62 bits per heavy atom. The summed E-state index contributed by atoms with van der Waals surface area (Å²) in [7, 11) is 4.10. The number of carbonyl (C=O) groups is 1. The molecule has 0 unspecified atom stereocenters. The highest BCUT2D eigenvalue weighted by molar-refractivity contribution is 6.36. The zero-order chi connectivity index (χ0) is 18.3. The smallest absolute Gasteiger partial charge is 0.258 e. The SMILES string of the molecule is CCN1C(=O)C(=Cc2ccc(N(C)C)c3ccccc23)c2ccccc21. The molecule has 3 nitrogen and oxygen atoms in total. The Balaban J connectivity index is 1.93. The standard InChI is InChI=1S/C23H22N2O/c1-4-25-22-12-8-7-11-19(22)20(23(25)26)15-16-13-14-21(24(2)3)18-10-6-5-9-17(16)18/h5-15H,4H2,1-3H3. The lowest BCUT2D eigenvalue weighted by atomic mass is 9.98. The fraction of sp³-hybridized carbons (Fsp3) is 0.174. The first-order valence-electron chi connectivity index (χ1n) is 8.94. The van der Waals surface area contributed by atoms with Gasteiger partial charge < -0.3 is 9.80 Å². The van der Waals surface area contributed by atoms with Gasteiger partial charge in [0, 0.05) is 42.9 Å². The van der Waals surface area contributed by atoms with Crippen molar-refractivity contribution in [1.82, 2.24) is 0 Å². The Bertz CT molecular complexity index is 1030. The van der Waals surface area contributed by atoms with Crippen molar-refractivity contribution >= 4 is 39.7 Å². The van der Waals surface area contributed by atoms with Crippen molar-refractivity contribution in [2.45, 2.75) is 6.92 Å². The van der Waals surface area contributed by atoms with Crippen LogP contribution in [0.2, 0.25) is 0 Å². The number of fused-ring (bicyclic) bond motifs is 2. The summed E-state index contributed by atoms with van der Waals surface area (Å²) in [4.78, 5) is 16.9. The second kappa shape index (κ2) is 6.34. The Labute approximate surface area is 154 Å². The Hall–Kier alpha value is -3.07. The maximum Gasteiger partial charge on any atom is 0.258 e. The van der Waals surface area contributed by atoms with Gasteiger partial charge in [-0.05, 0) is 36.1 Å². The van der Waals surface area contributed by atoms with E-state index in [9.17, 15) is 4.79 Å². The average Bonchev–Trinajstić information content (AvgIpc) is 2.93. The summed E-state index contributed by atoms with van der Waals surface area (Å²) in [5.41, 5.74) is 5.03. The summed E-state index contributed by atoms with van der Waals surface area (Å²) < 4.78 is 0. The second-order valence-corrected chi connectivity index (χ2v) is 6.74. The Kier molecular flexibility index (Phi) is 4.00. The molecule has 3 aromatic carbocycles. The molecule has 0 aliphatic carbocycles. The van der Waals surface area contributed by atoms with Crippen LogP contribution in [0.4, 0.5) is 11.4 Å². The third kappa shape index (κ3) is 2.48. The number of hydrogen-bond donors (Lipinski definition) is 0. The first kappa shape index (κ1) is 16.4. The van der Waals surface area contributed by atoms with Crippen molar-refractivity contribution in [1.29, 1.82) is 0 Å². The summed E-state index contributed by atoms with van der Waals surface area (Å²) in [5.74, 6) is 0.0782. The number of para-hydroxylation sites is 1. The lowest BCUT2D eigenvalue weighted by molar-refractivity contribution is -0.112. The van der Waals surface area contributed by atoms with E-state index in [4.69, 9.17) is 0 Å². The number of hydrogen-bond acceptors (Lipinski definition) is 2. The molecule has 0 spiro atoms. The van der Waals surface area contributed by atoms with E-state index in [0.29, 0.717) is 6.54 Å². The van der Waals surface area contributed by atoms with E-state index in [2.05, 4.69) is 49.3 Å². The summed E-state index contributed by atoms with van der Waals surface area (Å²) in [6.45, 7) is 2.69. The molecule has 1 aliphatic heterocycles. The number of likely N-dealkylation sites (N-methyl/N-ethyl adjacent to an activating group) is 1. The summed E-state index contributed by atoms with van der Waals surface area (Å²) in [6, 6.07) is 20.6.